The summed E-state index contributed by atoms with van der Waals surface area (Å²) in [4.78, 5) is 11.9. The third-order valence-corrected chi connectivity index (χ3v) is 3.31. The van der Waals surface area contributed by atoms with Crippen molar-refractivity contribution >= 4 is 5.91 Å². The summed E-state index contributed by atoms with van der Waals surface area (Å²) in [6.07, 6.45) is 1.59. The van der Waals surface area contributed by atoms with Gasteiger partial charge in [-0.1, -0.05) is 38.1 Å². The zero-order valence-electron chi connectivity index (χ0n) is 11.2. The Morgan fingerprint density at radius 3 is 3.00 bits per heavy atom. The number of nitrogens with one attached hydrogen (secondary N) is 2. The van der Waals surface area contributed by atoms with Crippen molar-refractivity contribution in [3.05, 3.63) is 35.4 Å². The van der Waals surface area contributed by atoms with E-state index in [1.54, 1.807) is 0 Å². The maximum absolute atomic E-state index is 11.9. The van der Waals surface area contributed by atoms with E-state index >= 15 is 0 Å². The van der Waals surface area contributed by atoms with E-state index in [1.807, 2.05) is 6.07 Å². The van der Waals surface area contributed by atoms with Crippen LogP contribution in [0.15, 0.2) is 24.3 Å². The summed E-state index contributed by atoms with van der Waals surface area (Å²) in [7, 11) is 0. The number of benzene rings is 1. The minimum absolute atomic E-state index is 0.137. The van der Waals surface area contributed by atoms with E-state index in [4.69, 9.17) is 0 Å². The van der Waals surface area contributed by atoms with Crippen LogP contribution in [0.2, 0.25) is 0 Å². The Kier molecular flexibility index (Phi) is 4.37. The first-order valence-electron chi connectivity index (χ1n) is 6.74. The highest BCUT2D eigenvalue weighted by molar-refractivity contribution is 5.76. The molecular formula is C15H22N2O. The molecule has 0 fully saturated rings. The quantitative estimate of drug-likeness (QED) is 0.853. The molecule has 1 unspecified atom stereocenters. The van der Waals surface area contributed by atoms with Gasteiger partial charge in [-0.25, -0.2) is 0 Å². The molecule has 1 amide bonds. The summed E-state index contributed by atoms with van der Waals surface area (Å²) < 4.78 is 0. The van der Waals surface area contributed by atoms with Crippen molar-refractivity contribution in [2.45, 2.75) is 32.7 Å². The second-order valence-corrected chi connectivity index (χ2v) is 5.36. The fourth-order valence-corrected chi connectivity index (χ4v) is 2.35. The first-order chi connectivity index (χ1) is 8.66. The van der Waals surface area contributed by atoms with Crippen molar-refractivity contribution < 1.29 is 4.79 Å². The third kappa shape index (κ3) is 3.33. The molecule has 2 N–H and O–H groups in total. The normalized spacial score (nSPS) is 18.5. The van der Waals surface area contributed by atoms with Gasteiger partial charge in [0.25, 0.3) is 0 Å². The number of hydrogen-bond acceptors (Lipinski definition) is 2. The molecule has 1 heterocycles. The molecule has 2 rings (SSSR count). The SMILES string of the molecule is CC(C)CNC(=O)CC1NCCc2ccccc21. The van der Waals surface area contributed by atoms with Gasteiger partial charge in [0.1, 0.15) is 0 Å². The molecular weight excluding hydrogens is 224 g/mol. The van der Waals surface area contributed by atoms with Crippen molar-refractivity contribution in [2.75, 3.05) is 13.1 Å². The second kappa shape index (κ2) is 6.01. The van der Waals surface area contributed by atoms with E-state index in [0.717, 1.165) is 19.5 Å². The van der Waals surface area contributed by atoms with Gasteiger partial charge in [-0.05, 0) is 30.0 Å². The summed E-state index contributed by atoms with van der Waals surface area (Å²) in [5.41, 5.74) is 2.65. The molecule has 98 valence electrons. The molecule has 0 aromatic heterocycles. The molecule has 0 spiro atoms. The molecule has 0 radical (unpaired) electrons. The topological polar surface area (TPSA) is 41.1 Å². The number of carbonyl (C=O) groups excluding carboxylic acids is 1. The molecule has 0 saturated heterocycles. The van der Waals surface area contributed by atoms with Gasteiger partial charge < -0.3 is 10.6 Å². The van der Waals surface area contributed by atoms with Crippen LogP contribution in [0.5, 0.6) is 0 Å². The van der Waals surface area contributed by atoms with Crippen LogP contribution < -0.4 is 10.6 Å². The van der Waals surface area contributed by atoms with Gasteiger partial charge in [0.15, 0.2) is 0 Å². The standard InChI is InChI=1S/C15H22N2O/c1-11(2)10-17-15(18)9-14-13-6-4-3-5-12(13)7-8-16-14/h3-6,11,14,16H,7-10H2,1-2H3,(H,17,18). The zero-order chi connectivity index (χ0) is 13.0. The Hall–Kier alpha value is -1.35. The average Bonchev–Trinajstić information content (AvgIpc) is 2.37. The summed E-state index contributed by atoms with van der Waals surface area (Å²) in [6.45, 7) is 5.93. The first kappa shape index (κ1) is 13.1. The van der Waals surface area contributed by atoms with Gasteiger partial charge in [0, 0.05) is 19.0 Å². The smallest absolute Gasteiger partial charge is 0.221 e. The lowest BCUT2D eigenvalue weighted by molar-refractivity contribution is -0.121. The molecule has 3 nitrogen and oxygen atoms in total. The van der Waals surface area contributed by atoms with E-state index in [1.165, 1.54) is 11.1 Å². The minimum Gasteiger partial charge on any atom is -0.356 e. The summed E-state index contributed by atoms with van der Waals surface area (Å²) >= 11 is 0. The van der Waals surface area contributed by atoms with Crippen LogP contribution in [0.3, 0.4) is 0 Å². The molecule has 1 aromatic rings. The first-order valence-corrected chi connectivity index (χ1v) is 6.74. The van der Waals surface area contributed by atoms with Crippen LogP contribution in [0.4, 0.5) is 0 Å². The Bertz CT molecular complexity index is 415. The molecule has 18 heavy (non-hydrogen) atoms. The highest BCUT2D eigenvalue weighted by Crippen LogP contribution is 2.24. The lowest BCUT2D eigenvalue weighted by atomic mass is 9.92. The summed E-state index contributed by atoms with van der Waals surface area (Å²) in [5.74, 6) is 0.637. The predicted octanol–water partition coefficient (Wildman–Crippen LogP) is 2.04. The van der Waals surface area contributed by atoms with E-state index in [0.29, 0.717) is 12.3 Å². The molecule has 3 heteroatoms. The van der Waals surface area contributed by atoms with Gasteiger partial charge >= 0.3 is 0 Å². The van der Waals surface area contributed by atoms with Crippen LogP contribution in [0, 0.1) is 5.92 Å². The van der Waals surface area contributed by atoms with Crippen molar-refractivity contribution in [1.29, 1.82) is 0 Å². The van der Waals surface area contributed by atoms with Crippen molar-refractivity contribution in [1.82, 2.24) is 10.6 Å². The molecule has 0 aliphatic carbocycles. The van der Waals surface area contributed by atoms with Crippen LogP contribution >= 0.6 is 0 Å². The third-order valence-electron chi connectivity index (χ3n) is 3.31. The number of carbonyl (C=O) groups is 1. The highest BCUT2D eigenvalue weighted by atomic mass is 16.1. The molecule has 1 atom stereocenters. The minimum atomic E-state index is 0.137. The fourth-order valence-electron chi connectivity index (χ4n) is 2.35. The van der Waals surface area contributed by atoms with Gasteiger partial charge in [-0.15, -0.1) is 0 Å². The fraction of sp³-hybridized carbons (Fsp3) is 0.533. The van der Waals surface area contributed by atoms with Crippen LogP contribution in [-0.4, -0.2) is 19.0 Å². The van der Waals surface area contributed by atoms with Crippen LogP contribution in [0.1, 0.15) is 37.4 Å². The van der Waals surface area contributed by atoms with E-state index in [-0.39, 0.29) is 11.9 Å². The van der Waals surface area contributed by atoms with Crippen molar-refractivity contribution in [2.24, 2.45) is 5.92 Å². The summed E-state index contributed by atoms with van der Waals surface area (Å²) in [6, 6.07) is 8.57. The van der Waals surface area contributed by atoms with Crippen molar-refractivity contribution in [3.8, 4) is 0 Å². The lowest BCUT2D eigenvalue weighted by Gasteiger charge is -2.26. The molecule has 1 aromatic carbocycles. The Balaban J connectivity index is 1.96. The van der Waals surface area contributed by atoms with E-state index in [2.05, 4.69) is 42.7 Å². The second-order valence-electron chi connectivity index (χ2n) is 5.36. The monoisotopic (exact) mass is 246 g/mol. The number of amides is 1. The summed E-state index contributed by atoms with van der Waals surface area (Å²) in [5, 5.41) is 6.41. The molecule has 0 saturated carbocycles. The Morgan fingerprint density at radius 2 is 2.22 bits per heavy atom. The van der Waals surface area contributed by atoms with Gasteiger partial charge in [-0.2, -0.15) is 0 Å². The molecule has 1 aliphatic rings. The van der Waals surface area contributed by atoms with Crippen LogP contribution in [0.25, 0.3) is 0 Å². The lowest BCUT2D eigenvalue weighted by Crippen LogP contribution is -2.35. The van der Waals surface area contributed by atoms with E-state index in [9.17, 15) is 4.79 Å². The molecule has 1 aliphatic heterocycles. The van der Waals surface area contributed by atoms with Crippen molar-refractivity contribution in [3.63, 3.8) is 0 Å². The van der Waals surface area contributed by atoms with Gasteiger partial charge in [0.05, 0.1) is 0 Å². The maximum Gasteiger partial charge on any atom is 0.221 e. The number of hydrogen-bond donors (Lipinski definition) is 2. The number of fused-ring (bicyclic) bond motifs is 1. The van der Waals surface area contributed by atoms with Gasteiger partial charge in [-0.3, -0.25) is 4.79 Å². The van der Waals surface area contributed by atoms with E-state index < -0.39 is 0 Å². The zero-order valence-corrected chi connectivity index (χ0v) is 11.2. The van der Waals surface area contributed by atoms with Crippen LogP contribution in [-0.2, 0) is 11.2 Å². The number of rotatable bonds is 4. The Labute approximate surface area is 109 Å². The predicted molar refractivity (Wildman–Crippen MR) is 73.4 cm³/mol. The Morgan fingerprint density at radius 1 is 1.44 bits per heavy atom. The maximum atomic E-state index is 11.9. The average molecular weight is 246 g/mol. The highest BCUT2D eigenvalue weighted by Gasteiger charge is 2.21. The largest absolute Gasteiger partial charge is 0.356 e. The molecule has 0 bridgehead atoms. The van der Waals surface area contributed by atoms with Gasteiger partial charge in [0.2, 0.25) is 5.91 Å².